The van der Waals surface area contributed by atoms with E-state index in [1.165, 1.54) is 30.0 Å². The lowest BCUT2D eigenvalue weighted by Crippen LogP contribution is -2.47. The monoisotopic (exact) mass is 412 g/mol. The molecule has 5 nitrogen and oxygen atoms in total. The molecule has 162 valence electrons. The third kappa shape index (κ3) is 5.09. The number of rotatable bonds is 4. The van der Waals surface area contributed by atoms with Crippen molar-refractivity contribution >= 4 is 17.4 Å². The lowest BCUT2D eigenvalue weighted by Gasteiger charge is -2.36. The molecule has 2 heterocycles. The van der Waals surface area contributed by atoms with E-state index >= 15 is 0 Å². The lowest BCUT2D eigenvalue weighted by molar-refractivity contribution is -0.123. The number of hydrogen-bond acceptors (Lipinski definition) is 4. The maximum absolute atomic E-state index is 13.5. The van der Waals surface area contributed by atoms with Gasteiger partial charge in [0.05, 0.1) is 0 Å². The number of piperazine rings is 1. The van der Waals surface area contributed by atoms with E-state index in [-0.39, 0.29) is 17.6 Å². The Labute approximate surface area is 179 Å². The van der Waals surface area contributed by atoms with Gasteiger partial charge in [-0.05, 0) is 56.1 Å². The second kappa shape index (κ2) is 9.73. The van der Waals surface area contributed by atoms with Gasteiger partial charge in [-0.3, -0.25) is 4.79 Å². The SMILES string of the molecule is CN1CCN(C2=NC=C(CN(C(=O)C3CCCCC3)c3ccc(F)cc3)CC2)CC1. The summed E-state index contributed by atoms with van der Waals surface area (Å²) in [6.45, 7) is 4.74. The Morgan fingerprint density at radius 2 is 1.77 bits per heavy atom. The minimum Gasteiger partial charge on any atom is -0.357 e. The number of aliphatic imine (C=N–C) groups is 1. The number of carbonyl (C=O) groups is 1. The van der Waals surface area contributed by atoms with Gasteiger partial charge in [-0.1, -0.05) is 19.3 Å². The smallest absolute Gasteiger partial charge is 0.230 e. The fourth-order valence-corrected chi connectivity index (χ4v) is 4.68. The van der Waals surface area contributed by atoms with E-state index in [1.54, 1.807) is 12.1 Å². The predicted molar refractivity (Wildman–Crippen MR) is 119 cm³/mol. The van der Waals surface area contributed by atoms with Crippen LogP contribution in [0.1, 0.15) is 44.9 Å². The van der Waals surface area contributed by atoms with Gasteiger partial charge in [-0.15, -0.1) is 0 Å². The second-order valence-corrected chi connectivity index (χ2v) is 8.86. The zero-order valence-electron chi connectivity index (χ0n) is 18.0. The number of benzene rings is 1. The largest absolute Gasteiger partial charge is 0.357 e. The van der Waals surface area contributed by atoms with Crippen molar-refractivity contribution in [2.75, 3.05) is 44.7 Å². The zero-order valence-corrected chi connectivity index (χ0v) is 18.0. The van der Waals surface area contributed by atoms with E-state index in [0.717, 1.165) is 70.4 Å². The van der Waals surface area contributed by atoms with E-state index < -0.39 is 0 Å². The zero-order chi connectivity index (χ0) is 20.9. The van der Waals surface area contributed by atoms with Gasteiger partial charge in [0.1, 0.15) is 11.7 Å². The van der Waals surface area contributed by atoms with Crippen molar-refractivity contribution in [2.45, 2.75) is 44.9 Å². The van der Waals surface area contributed by atoms with Gasteiger partial charge in [0.15, 0.2) is 0 Å². The Morgan fingerprint density at radius 3 is 2.40 bits per heavy atom. The number of carbonyl (C=O) groups excluding carboxylic acids is 1. The Balaban J connectivity index is 1.48. The third-order valence-electron chi connectivity index (χ3n) is 6.65. The molecule has 0 bridgehead atoms. The van der Waals surface area contributed by atoms with Crippen LogP contribution in [0.25, 0.3) is 0 Å². The summed E-state index contributed by atoms with van der Waals surface area (Å²) in [5.74, 6) is 1.15. The highest BCUT2D eigenvalue weighted by molar-refractivity contribution is 5.95. The van der Waals surface area contributed by atoms with Crippen LogP contribution in [0, 0.1) is 11.7 Å². The molecule has 0 aromatic heterocycles. The molecule has 1 aromatic rings. The standard InChI is InChI=1S/C24H33FN4O/c1-27-13-15-28(16-14-27)23-12-7-19(17-26-23)18-29(22-10-8-21(25)9-11-22)24(30)20-5-3-2-4-6-20/h8-11,17,20H,2-7,12-16,18H2,1H3. The van der Waals surface area contributed by atoms with E-state index in [2.05, 4.69) is 16.8 Å². The summed E-state index contributed by atoms with van der Waals surface area (Å²) < 4.78 is 13.5. The number of amidine groups is 1. The average Bonchev–Trinajstić information content (AvgIpc) is 2.79. The Bertz CT molecular complexity index is 790. The third-order valence-corrected chi connectivity index (χ3v) is 6.65. The topological polar surface area (TPSA) is 39.1 Å². The minimum atomic E-state index is -0.276. The van der Waals surface area contributed by atoms with Crippen molar-refractivity contribution in [1.29, 1.82) is 0 Å². The lowest BCUT2D eigenvalue weighted by atomic mass is 9.88. The van der Waals surface area contributed by atoms with E-state index in [1.807, 2.05) is 11.1 Å². The Morgan fingerprint density at radius 1 is 1.07 bits per heavy atom. The van der Waals surface area contributed by atoms with Crippen LogP contribution in [0.15, 0.2) is 41.0 Å². The molecule has 30 heavy (non-hydrogen) atoms. The molecule has 4 rings (SSSR count). The predicted octanol–water partition coefficient (Wildman–Crippen LogP) is 4.06. The van der Waals surface area contributed by atoms with Gasteiger partial charge in [0.25, 0.3) is 0 Å². The highest BCUT2D eigenvalue weighted by Gasteiger charge is 2.28. The quantitative estimate of drug-likeness (QED) is 0.749. The first-order valence-corrected chi connectivity index (χ1v) is 11.3. The molecule has 6 heteroatoms. The van der Waals surface area contributed by atoms with Gasteiger partial charge in [-0.25, -0.2) is 9.38 Å². The van der Waals surface area contributed by atoms with Gasteiger partial charge in [-0.2, -0.15) is 0 Å². The van der Waals surface area contributed by atoms with Gasteiger partial charge >= 0.3 is 0 Å². The molecule has 0 unspecified atom stereocenters. The van der Waals surface area contributed by atoms with Gasteiger partial charge < -0.3 is 14.7 Å². The molecular weight excluding hydrogens is 379 g/mol. The summed E-state index contributed by atoms with van der Waals surface area (Å²) in [5, 5.41) is 0. The first-order chi connectivity index (χ1) is 14.6. The summed E-state index contributed by atoms with van der Waals surface area (Å²) in [5.41, 5.74) is 1.95. The highest BCUT2D eigenvalue weighted by Crippen LogP contribution is 2.29. The molecule has 2 fully saturated rings. The second-order valence-electron chi connectivity index (χ2n) is 8.86. The van der Waals surface area contributed by atoms with Crippen LogP contribution >= 0.6 is 0 Å². The summed E-state index contributed by atoms with van der Waals surface area (Å²) in [7, 11) is 2.16. The highest BCUT2D eigenvalue weighted by atomic mass is 19.1. The van der Waals surface area contributed by atoms with Crippen LogP contribution in [0.5, 0.6) is 0 Å². The van der Waals surface area contributed by atoms with Crippen LogP contribution in [-0.4, -0.2) is 61.3 Å². The van der Waals surface area contributed by atoms with Crippen molar-refractivity contribution in [3.05, 3.63) is 41.9 Å². The fourth-order valence-electron chi connectivity index (χ4n) is 4.68. The number of halogens is 1. The van der Waals surface area contributed by atoms with Crippen molar-refractivity contribution in [2.24, 2.45) is 10.9 Å². The number of nitrogens with zero attached hydrogens (tertiary/aromatic N) is 4. The molecule has 1 aliphatic carbocycles. The first kappa shape index (κ1) is 21.0. The van der Waals surface area contributed by atoms with Gasteiger partial charge in [0, 0.05) is 56.9 Å². The molecule has 3 aliphatic rings. The first-order valence-electron chi connectivity index (χ1n) is 11.3. The number of amides is 1. The Hall–Kier alpha value is -2.21. The van der Waals surface area contributed by atoms with Crippen molar-refractivity contribution in [3.63, 3.8) is 0 Å². The average molecular weight is 413 g/mol. The molecule has 0 radical (unpaired) electrons. The Kier molecular flexibility index (Phi) is 6.82. The molecule has 1 amide bonds. The maximum atomic E-state index is 13.5. The molecule has 0 spiro atoms. The molecule has 0 atom stereocenters. The van der Waals surface area contributed by atoms with Crippen LogP contribution in [0.4, 0.5) is 10.1 Å². The van der Waals surface area contributed by atoms with E-state index in [4.69, 9.17) is 4.99 Å². The summed E-state index contributed by atoms with van der Waals surface area (Å²) in [6.07, 6.45) is 9.18. The maximum Gasteiger partial charge on any atom is 0.230 e. The number of likely N-dealkylation sites (N-methyl/N-ethyl adjacent to an activating group) is 1. The number of hydrogen-bond donors (Lipinski definition) is 0. The minimum absolute atomic E-state index is 0.0809. The van der Waals surface area contributed by atoms with Crippen LogP contribution in [0.3, 0.4) is 0 Å². The summed E-state index contributed by atoms with van der Waals surface area (Å²) in [6, 6.07) is 6.32. The fraction of sp³-hybridized carbons (Fsp3) is 0.583. The molecular formula is C24H33FN4O. The molecule has 0 N–H and O–H groups in total. The molecule has 1 saturated heterocycles. The molecule has 1 saturated carbocycles. The van der Waals surface area contributed by atoms with Crippen LogP contribution in [-0.2, 0) is 4.79 Å². The summed E-state index contributed by atoms with van der Waals surface area (Å²) in [4.78, 5) is 24.7. The van der Waals surface area contributed by atoms with Crippen molar-refractivity contribution < 1.29 is 9.18 Å². The molecule has 1 aromatic carbocycles. The van der Waals surface area contributed by atoms with E-state index in [0.29, 0.717) is 6.54 Å². The summed E-state index contributed by atoms with van der Waals surface area (Å²) >= 11 is 0. The van der Waals surface area contributed by atoms with Gasteiger partial charge in [0.2, 0.25) is 5.91 Å². The normalized spacial score (nSPS) is 21.2. The van der Waals surface area contributed by atoms with E-state index in [9.17, 15) is 9.18 Å². The van der Waals surface area contributed by atoms with Crippen LogP contribution in [0.2, 0.25) is 0 Å². The van der Waals surface area contributed by atoms with Crippen molar-refractivity contribution in [3.8, 4) is 0 Å². The molecule has 2 aliphatic heterocycles. The number of anilines is 1. The van der Waals surface area contributed by atoms with Crippen molar-refractivity contribution in [1.82, 2.24) is 9.80 Å². The van der Waals surface area contributed by atoms with Crippen LogP contribution < -0.4 is 4.90 Å².